The van der Waals surface area contributed by atoms with Gasteiger partial charge in [-0.2, -0.15) is 9.37 Å². The van der Waals surface area contributed by atoms with Crippen molar-refractivity contribution in [2.45, 2.75) is 0 Å². The van der Waals surface area contributed by atoms with Gasteiger partial charge in [0.05, 0.1) is 10.6 Å². The Morgan fingerprint density at radius 1 is 1.13 bits per heavy atom. The highest BCUT2D eigenvalue weighted by Gasteiger charge is 2.18. The molecule has 0 saturated carbocycles. The molecule has 0 atom stereocenters. The summed E-state index contributed by atoms with van der Waals surface area (Å²) in [6.07, 6.45) is 3.78. The van der Waals surface area contributed by atoms with E-state index in [9.17, 15) is 14.5 Å². The van der Waals surface area contributed by atoms with Gasteiger partial charge in [0.2, 0.25) is 11.8 Å². The summed E-state index contributed by atoms with van der Waals surface area (Å²) >= 11 is 0. The van der Waals surface area contributed by atoms with Crippen molar-refractivity contribution >= 4 is 39.3 Å². The molecular formula is C21H15FN6O2. The maximum Gasteiger partial charge on any atom is 0.306 e. The summed E-state index contributed by atoms with van der Waals surface area (Å²) in [5.74, 6) is -0.656. The number of anilines is 2. The number of hydrogen-bond acceptors (Lipinski definition) is 5. The number of benzene rings is 2. The summed E-state index contributed by atoms with van der Waals surface area (Å²) < 4.78 is 15.7. The number of nitro benzene ring substituents is 1. The Bertz CT molecular complexity index is 1440. The first-order valence-corrected chi connectivity index (χ1v) is 9.12. The minimum atomic E-state index is -0.900. The molecule has 3 heterocycles. The number of halogens is 1. The van der Waals surface area contributed by atoms with Gasteiger partial charge in [-0.25, -0.2) is 4.98 Å². The van der Waals surface area contributed by atoms with Crippen LogP contribution < -0.4 is 5.32 Å². The summed E-state index contributed by atoms with van der Waals surface area (Å²) in [4.78, 5) is 22.5. The van der Waals surface area contributed by atoms with Crippen LogP contribution in [0.15, 0.2) is 60.9 Å². The van der Waals surface area contributed by atoms with Crippen molar-refractivity contribution in [3.05, 3.63) is 76.9 Å². The largest absolute Gasteiger partial charge is 0.350 e. The molecule has 0 aliphatic heterocycles. The Kier molecular flexibility index (Phi) is 3.95. The zero-order valence-electron chi connectivity index (χ0n) is 15.8. The van der Waals surface area contributed by atoms with Crippen LogP contribution in [-0.4, -0.2) is 24.4 Å². The molecule has 0 spiro atoms. The molecule has 148 valence electrons. The Morgan fingerprint density at radius 2 is 1.97 bits per heavy atom. The standard InChI is InChI=1S/C21H15FN6O2/c1-27-11-15(13-4-2-3-5-17(13)27)19-14-8-9-23-20(14)26-21(25-19)24-12-6-7-16(22)18(10-12)28(29)30/h2-11H,1H3,(H2,23,24,25,26). The SMILES string of the molecule is Cn1cc(-c2nc(Nc3ccc(F)c([N+](=O)[O-])c3)nc3[nH]ccc23)c2ccccc21. The molecule has 9 heteroatoms. The van der Waals surface area contributed by atoms with Gasteiger partial charge >= 0.3 is 5.69 Å². The number of fused-ring (bicyclic) bond motifs is 2. The van der Waals surface area contributed by atoms with Gasteiger partial charge in [0.25, 0.3) is 0 Å². The topological polar surface area (TPSA) is 102 Å². The fraction of sp³-hybridized carbons (Fsp3) is 0.0476. The molecule has 0 saturated heterocycles. The van der Waals surface area contributed by atoms with E-state index in [1.165, 1.54) is 6.07 Å². The molecule has 0 radical (unpaired) electrons. The number of aryl methyl sites for hydroxylation is 1. The first-order chi connectivity index (χ1) is 14.5. The first kappa shape index (κ1) is 17.8. The monoisotopic (exact) mass is 402 g/mol. The third-order valence-corrected chi connectivity index (χ3v) is 4.97. The van der Waals surface area contributed by atoms with Gasteiger partial charge in [-0.1, -0.05) is 18.2 Å². The molecule has 0 bridgehead atoms. The first-order valence-electron chi connectivity index (χ1n) is 9.12. The van der Waals surface area contributed by atoms with E-state index in [4.69, 9.17) is 0 Å². The van der Waals surface area contributed by atoms with Gasteiger partial charge in [0.15, 0.2) is 0 Å². The lowest BCUT2D eigenvalue weighted by Gasteiger charge is -2.08. The van der Waals surface area contributed by atoms with Crippen LogP contribution in [0.5, 0.6) is 0 Å². The van der Waals surface area contributed by atoms with Crippen molar-refractivity contribution in [3.63, 3.8) is 0 Å². The molecule has 0 aliphatic carbocycles. The second kappa shape index (κ2) is 6.66. The van der Waals surface area contributed by atoms with Crippen LogP contribution in [-0.2, 0) is 7.05 Å². The second-order valence-corrected chi connectivity index (χ2v) is 6.85. The average Bonchev–Trinajstić information content (AvgIpc) is 3.33. The zero-order valence-corrected chi connectivity index (χ0v) is 15.8. The van der Waals surface area contributed by atoms with Crippen LogP contribution in [0.25, 0.3) is 33.2 Å². The van der Waals surface area contributed by atoms with E-state index < -0.39 is 16.4 Å². The Hall–Kier alpha value is -4.27. The molecule has 0 fully saturated rings. The Morgan fingerprint density at radius 3 is 2.80 bits per heavy atom. The highest BCUT2D eigenvalue weighted by molar-refractivity contribution is 6.02. The highest BCUT2D eigenvalue weighted by atomic mass is 19.1. The lowest BCUT2D eigenvalue weighted by Crippen LogP contribution is -2.01. The number of aromatic nitrogens is 4. The summed E-state index contributed by atoms with van der Waals surface area (Å²) in [7, 11) is 1.97. The predicted octanol–water partition coefficient (Wildman–Crippen LogP) is 4.91. The van der Waals surface area contributed by atoms with Crippen LogP contribution in [0, 0.1) is 15.9 Å². The number of rotatable bonds is 4. The quantitative estimate of drug-likeness (QED) is 0.329. The fourth-order valence-corrected chi connectivity index (χ4v) is 3.59. The summed E-state index contributed by atoms with van der Waals surface area (Å²) in [5.41, 5.74) is 3.05. The second-order valence-electron chi connectivity index (χ2n) is 6.85. The van der Waals surface area contributed by atoms with Crippen molar-refractivity contribution in [2.75, 3.05) is 5.32 Å². The van der Waals surface area contributed by atoms with Gasteiger partial charge in [-0.15, -0.1) is 0 Å². The molecule has 0 unspecified atom stereocenters. The van der Waals surface area contributed by atoms with Crippen molar-refractivity contribution < 1.29 is 9.31 Å². The van der Waals surface area contributed by atoms with Crippen molar-refractivity contribution in [1.82, 2.24) is 19.5 Å². The van der Waals surface area contributed by atoms with E-state index in [-0.39, 0.29) is 5.95 Å². The van der Waals surface area contributed by atoms with Crippen LogP contribution in [0.4, 0.5) is 21.7 Å². The van der Waals surface area contributed by atoms with Crippen molar-refractivity contribution in [3.8, 4) is 11.3 Å². The van der Waals surface area contributed by atoms with Crippen LogP contribution in [0.1, 0.15) is 0 Å². The lowest BCUT2D eigenvalue weighted by atomic mass is 10.1. The summed E-state index contributed by atoms with van der Waals surface area (Å²) in [6, 6.07) is 13.5. The maximum atomic E-state index is 13.7. The van der Waals surface area contributed by atoms with Crippen LogP contribution in [0.3, 0.4) is 0 Å². The summed E-state index contributed by atoms with van der Waals surface area (Å²) in [6.45, 7) is 0. The normalized spacial score (nSPS) is 11.3. The number of para-hydroxylation sites is 1. The number of nitro groups is 1. The molecule has 5 aromatic rings. The molecular weight excluding hydrogens is 387 g/mol. The van der Waals surface area contributed by atoms with E-state index in [0.717, 1.165) is 39.7 Å². The molecule has 30 heavy (non-hydrogen) atoms. The number of aromatic amines is 1. The number of H-pyrrole nitrogens is 1. The summed E-state index contributed by atoms with van der Waals surface area (Å²) in [5, 5.41) is 15.9. The molecule has 2 N–H and O–H groups in total. The molecule has 0 amide bonds. The van der Waals surface area contributed by atoms with E-state index in [2.05, 4.69) is 20.3 Å². The van der Waals surface area contributed by atoms with Crippen LogP contribution >= 0.6 is 0 Å². The number of nitrogens with zero attached hydrogens (tertiary/aromatic N) is 4. The zero-order chi connectivity index (χ0) is 20.8. The van der Waals surface area contributed by atoms with E-state index >= 15 is 0 Å². The average molecular weight is 402 g/mol. The van der Waals surface area contributed by atoms with Crippen LogP contribution in [0.2, 0.25) is 0 Å². The molecule has 3 aromatic heterocycles. The van der Waals surface area contributed by atoms with Gasteiger partial charge in [-0.05, 0) is 24.3 Å². The van der Waals surface area contributed by atoms with E-state index in [1.807, 2.05) is 48.1 Å². The Labute approximate surface area is 169 Å². The molecule has 5 rings (SSSR count). The predicted molar refractivity (Wildman–Crippen MR) is 112 cm³/mol. The Balaban J connectivity index is 1.66. The molecule has 2 aromatic carbocycles. The fourth-order valence-electron chi connectivity index (χ4n) is 3.59. The van der Waals surface area contributed by atoms with Gasteiger partial charge in [0.1, 0.15) is 5.65 Å². The van der Waals surface area contributed by atoms with Crippen molar-refractivity contribution in [2.24, 2.45) is 7.05 Å². The molecule has 8 nitrogen and oxygen atoms in total. The van der Waals surface area contributed by atoms with Gasteiger partial charge in [0, 0.05) is 53.0 Å². The van der Waals surface area contributed by atoms with Crippen molar-refractivity contribution in [1.29, 1.82) is 0 Å². The lowest BCUT2D eigenvalue weighted by molar-refractivity contribution is -0.387. The van der Waals surface area contributed by atoms with E-state index in [1.54, 1.807) is 6.20 Å². The smallest absolute Gasteiger partial charge is 0.306 e. The number of nitrogens with one attached hydrogen (secondary N) is 2. The maximum absolute atomic E-state index is 13.7. The third-order valence-electron chi connectivity index (χ3n) is 4.97. The van der Waals surface area contributed by atoms with E-state index in [0.29, 0.717) is 11.3 Å². The van der Waals surface area contributed by atoms with Gasteiger partial charge in [-0.3, -0.25) is 10.1 Å². The molecule has 0 aliphatic rings. The van der Waals surface area contributed by atoms with Gasteiger partial charge < -0.3 is 14.9 Å². The number of hydrogen-bond donors (Lipinski definition) is 2. The third kappa shape index (κ3) is 2.84. The highest BCUT2D eigenvalue weighted by Crippen LogP contribution is 2.34. The minimum Gasteiger partial charge on any atom is -0.350 e. The minimum absolute atomic E-state index is 0.244.